The molecule has 17 heavy (non-hydrogen) atoms. The molecule has 1 aromatic carbocycles. The molecule has 0 spiro atoms. The topological polar surface area (TPSA) is 20.3 Å². The Hall–Kier alpha value is -1.22. The van der Waals surface area contributed by atoms with Crippen LogP contribution in [0.1, 0.15) is 36.5 Å². The van der Waals surface area contributed by atoms with E-state index in [0.717, 1.165) is 13.0 Å². The van der Waals surface area contributed by atoms with Gasteiger partial charge in [-0.1, -0.05) is 6.42 Å². The molecule has 2 rings (SSSR count). The minimum atomic E-state index is -0.298. The Kier molecular flexibility index (Phi) is 3.89. The van der Waals surface area contributed by atoms with Gasteiger partial charge in [-0.2, -0.15) is 0 Å². The van der Waals surface area contributed by atoms with Gasteiger partial charge in [-0.05, 0) is 50.6 Å². The lowest BCUT2D eigenvalue weighted by atomic mass is 10.0. The van der Waals surface area contributed by atoms with Crippen LogP contribution in [0.3, 0.4) is 0 Å². The van der Waals surface area contributed by atoms with E-state index in [1.165, 1.54) is 25.0 Å². The summed E-state index contributed by atoms with van der Waals surface area (Å²) < 4.78 is 12.7. The molecule has 1 aliphatic rings. The maximum atomic E-state index is 12.7. The minimum Gasteiger partial charge on any atom is -0.293 e. The molecule has 1 fully saturated rings. The number of hydrogen-bond donors (Lipinski definition) is 0. The highest BCUT2D eigenvalue weighted by Gasteiger charge is 2.20. The van der Waals surface area contributed by atoms with Crippen LogP contribution in [0.2, 0.25) is 0 Å². The standard InChI is InChI=1S/C14H18FNO/c1-11-4-2-3-9-16(11)10-14(17)12-5-7-13(15)8-6-12/h5-8,11H,2-4,9-10H2,1H3. The fraction of sp³-hybridized carbons (Fsp3) is 0.500. The average Bonchev–Trinajstić information content (AvgIpc) is 2.33. The predicted octanol–water partition coefficient (Wildman–Crippen LogP) is 2.88. The number of rotatable bonds is 3. The van der Waals surface area contributed by atoms with Crippen molar-refractivity contribution >= 4 is 5.78 Å². The van der Waals surface area contributed by atoms with Gasteiger partial charge in [0.1, 0.15) is 5.82 Å². The van der Waals surface area contributed by atoms with E-state index < -0.39 is 0 Å². The van der Waals surface area contributed by atoms with Crippen LogP contribution < -0.4 is 0 Å². The van der Waals surface area contributed by atoms with E-state index in [0.29, 0.717) is 18.2 Å². The van der Waals surface area contributed by atoms with Gasteiger partial charge in [0.05, 0.1) is 6.54 Å². The van der Waals surface area contributed by atoms with Gasteiger partial charge >= 0.3 is 0 Å². The Balaban J connectivity index is 1.98. The van der Waals surface area contributed by atoms with Crippen molar-refractivity contribution in [3.63, 3.8) is 0 Å². The van der Waals surface area contributed by atoms with Gasteiger partial charge in [-0.25, -0.2) is 4.39 Å². The molecular formula is C14H18FNO. The zero-order valence-corrected chi connectivity index (χ0v) is 10.2. The van der Waals surface area contributed by atoms with Crippen molar-refractivity contribution in [3.05, 3.63) is 35.6 Å². The first-order valence-electron chi connectivity index (χ1n) is 6.19. The van der Waals surface area contributed by atoms with Crippen molar-refractivity contribution in [3.8, 4) is 0 Å². The van der Waals surface area contributed by atoms with Crippen LogP contribution in [-0.4, -0.2) is 29.8 Å². The van der Waals surface area contributed by atoms with E-state index in [4.69, 9.17) is 0 Å². The van der Waals surface area contributed by atoms with Gasteiger partial charge in [0.25, 0.3) is 0 Å². The smallest absolute Gasteiger partial charge is 0.176 e. The number of ketones is 1. The Labute approximate surface area is 101 Å². The summed E-state index contributed by atoms with van der Waals surface area (Å²) in [6.07, 6.45) is 3.58. The first-order chi connectivity index (χ1) is 8.16. The molecule has 0 amide bonds. The second kappa shape index (κ2) is 5.41. The first-order valence-corrected chi connectivity index (χ1v) is 6.19. The summed E-state index contributed by atoms with van der Waals surface area (Å²) in [5.74, 6) is -0.216. The summed E-state index contributed by atoms with van der Waals surface area (Å²) in [5, 5.41) is 0. The monoisotopic (exact) mass is 235 g/mol. The number of Topliss-reactive ketones (excluding diaryl/α,β-unsaturated/α-hetero) is 1. The molecule has 1 saturated heterocycles. The molecule has 0 radical (unpaired) electrons. The zero-order chi connectivity index (χ0) is 12.3. The number of nitrogens with zero attached hydrogens (tertiary/aromatic N) is 1. The quantitative estimate of drug-likeness (QED) is 0.751. The average molecular weight is 235 g/mol. The number of benzene rings is 1. The minimum absolute atomic E-state index is 0.0822. The van der Waals surface area contributed by atoms with E-state index >= 15 is 0 Å². The van der Waals surface area contributed by atoms with Crippen molar-refractivity contribution in [2.24, 2.45) is 0 Å². The zero-order valence-electron chi connectivity index (χ0n) is 10.2. The van der Waals surface area contributed by atoms with Gasteiger partial charge in [0, 0.05) is 11.6 Å². The van der Waals surface area contributed by atoms with Crippen molar-refractivity contribution in [1.82, 2.24) is 4.90 Å². The molecule has 1 aliphatic heterocycles. The summed E-state index contributed by atoms with van der Waals surface area (Å²) in [6.45, 7) is 3.61. The van der Waals surface area contributed by atoms with Gasteiger partial charge in [-0.3, -0.25) is 9.69 Å². The highest BCUT2D eigenvalue weighted by atomic mass is 19.1. The number of hydrogen-bond acceptors (Lipinski definition) is 2. The molecule has 0 bridgehead atoms. The molecular weight excluding hydrogens is 217 g/mol. The molecule has 3 heteroatoms. The van der Waals surface area contributed by atoms with Crippen LogP contribution in [0.15, 0.2) is 24.3 Å². The number of carbonyl (C=O) groups excluding carboxylic acids is 1. The van der Waals surface area contributed by atoms with E-state index in [2.05, 4.69) is 11.8 Å². The lowest BCUT2D eigenvalue weighted by Crippen LogP contribution is -2.40. The van der Waals surface area contributed by atoms with E-state index in [9.17, 15) is 9.18 Å². The van der Waals surface area contributed by atoms with Crippen molar-refractivity contribution < 1.29 is 9.18 Å². The number of carbonyl (C=O) groups is 1. The lowest BCUT2D eigenvalue weighted by Gasteiger charge is -2.32. The second-order valence-corrected chi connectivity index (χ2v) is 4.75. The summed E-state index contributed by atoms with van der Waals surface area (Å²) in [7, 11) is 0. The third-order valence-electron chi connectivity index (χ3n) is 3.45. The molecule has 0 aromatic heterocycles. The molecule has 0 N–H and O–H groups in total. The SMILES string of the molecule is CC1CCCCN1CC(=O)c1ccc(F)cc1. The maximum Gasteiger partial charge on any atom is 0.176 e. The summed E-state index contributed by atoms with van der Waals surface area (Å²) >= 11 is 0. The summed E-state index contributed by atoms with van der Waals surface area (Å²) in [5.41, 5.74) is 0.601. The fourth-order valence-corrected chi connectivity index (χ4v) is 2.30. The summed E-state index contributed by atoms with van der Waals surface area (Å²) in [4.78, 5) is 14.2. The van der Waals surface area contributed by atoms with E-state index in [1.807, 2.05) is 0 Å². The van der Waals surface area contributed by atoms with Gasteiger partial charge in [-0.15, -0.1) is 0 Å². The maximum absolute atomic E-state index is 12.7. The van der Waals surface area contributed by atoms with E-state index in [-0.39, 0.29) is 11.6 Å². The van der Waals surface area contributed by atoms with Crippen LogP contribution in [0, 0.1) is 5.82 Å². The van der Waals surface area contributed by atoms with Crippen LogP contribution >= 0.6 is 0 Å². The molecule has 1 aromatic rings. The number of likely N-dealkylation sites (tertiary alicyclic amines) is 1. The third-order valence-corrected chi connectivity index (χ3v) is 3.45. The molecule has 1 heterocycles. The molecule has 2 nitrogen and oxygen atoms in total. The van der Waals surface area contributed by atoms with Crippen LogP contribution in [0.25, 0.3) is 0 Å². The Morgan fingerprint density at radius 1 is 1.35 bits per heavy atom. The number of piperidine rings is 1. The number of halogens is 1. The van der Waals surface area contributed by atoms with Gasteiger partial charge in [0.15, 0.2) is 5.78 Å². The third kappa shape index (κ3) is 3.13. The Morgan fingerprint density at radius 3 is 2.71 bits per heavy atom. The molecule has 0 saturated carbocycles. The van der Waals surface area contributed by atoms with Crippen molar-refractivity contribution in [2.75, 3.05) is 13.1 Å². The fourth-order valence-electron chi connectivity index (χ4n) is 2.30. The van der Waals surface area contributed by atoms with Crippen LogP contribution in [0.5, 0.6) is 0 Å². The second-order valence-electron chi connectivity index (χ2n) is 4.75. The first kappa shape index (κ1) is 12.2. The highest BCUT2D eigenvalue weighted by Crippen LogP contribution is 2.16. The van der Waals surface area contributed by atoms with Crippen molar-refractivity contribution in [2.45, 2.75) is 32.2 Å². The van der Waals surface area contributed by atoms with Crippen molar-refractivity contribution in [1.29, 1.82) is 0 Å². The van der Waals surface area contributed by atoms with E-state index in [1.54, 1.807) is 12.1 Å². The Morgan fingerprint density at radius 2 is 2.06 bits per heavy atom. The summed E-state index contributed by atoms with van der Waals surface area (Å²) in [6, 6.07) is 6.28. The van der Waals surface area contributed by atoms with Gasteiger partial charge < -0.3 is 0 Å². The molecule has 92 valence electrons. The lowest BCUT2D eigenvalue weighted by molar-refractivity contribution is 0.0860. The molecule has 1 atom stereocenters. The largest absolute Gasteiger partial charge is 0.293 e. The molecule has 1 unspecified atom stereocenters. The van der Waals surface area contributed by atoms with Gasteiger partial charge in [0.2, 0.25) is 0 Å². The molecule has 0 aliphatic carbocycles. The predicted molar refractivity (Wildman–Crippen MR) is 65.6 cm³/mol. The van der Waals surface area contributed by atoms with Crippen LogP contribution in [0.4, 0.5) is 4.39 Å². The highest BCUT2D eigenvalue weighted by molar-refractivity contribution is 5.97. The normalized spacial score (nSPS) is 21.4. The van der Waals surface area contributed by atoms with Crippen LogP contribution in [-0.2, 0) is 0 Å². The Bertz CT molecular complexity index is 388.